The van der Waals surface area contributed by atoms with Crippen LogP contribution < -0.4 is 0 Å². The molecule has 3 heteroatoms. The molecule has 1 atom stereocenters. The quantitative estimate of drug-likeness (QED) is 0.256. The topological polar surface area (TPSA) is 9.23 Å². The SMILES string of the molecule is CCCCCCCCC(CCCCCc1cc(F)cc(F)c1)C(C)(C)OCC. The lowest BCUT2D eigenvalue weighted by Crippen LogP contribution is -2.34. The molecule has 28 heavy (non-hydrogen) atoms. The molecule has 0 saturated carbocycles. The molecule has 1 rings (SSSR count). The van der Waals surface area contributed by atoms with Gasteiger partial charge >= 0.3 is 0 Å². The smallest absolute Gasteiger partial charge is 0.126 e. The molecular weight excluding hydrogens is 354 g/mol. The summed E-state index contributed by atoms with van der Waals surface area (Å²) in [5.41, 5.74) is 0.680. The molecule has 0 amide bonds. The summed E-state index contributed by atoms with van der Waals surface area (Å²) in [4.78, 5) is 0. The van der Waals surface area contributed by atoms with Gasteiger partial charge in [0.25, 0.3) is 0 Å². The molecule has 0 bridgehead atoms. The second-order valence-electron chi connectivity index (χ2n) is 8.67. The summed E-state index contributed by atoms with van der Waals surface area (Å²) in [5.74, 6) is -0.384. The van der Waals surface area contributed by atoms with Gasteiger partial charge in [-0.3, -0.25) is 0 Å². The first-order valence-corrected chi connectivity index (χ1v) is 11.5. The molecule has 1 aromatic rings. The van der Waals surface area contributed by atoms with Gasteiger partial charge in [-0.1, -0.05) is 58.3 Å². The van der Waals surface area contributed by atoms with Gasteiger partial charge in [0.15, 0.2) is 0 Å². The average molecular weight is 397 g/mol. The predicted molar refractivity (Wildman–Crippen MR) is 116 cm³/mol. The minimum Gasteiger partial charge on any atom is -0.376 e. The molecule has 0 fully saturated rings. The van der Waals surface area contributed by atoms with Crippen LogP contribution in [0, 0.1) is 17.6 Å². The van der Waals surface area contributed by atoms with E-state index in [1.807, 2.05) is 0 Å². The van der Waals surface area contributed by atoms with Gasteiger partial charge in [0.05, 0.1) is 5.60 Å². The van der Waals surface area contributed by atoms with Crippen LogP contribution in [0.5, 0.6) is 0 Å². The van der Waals surface area contributed by atoms with Gasteiger partial charge in [0.2, 0.25) is 0 Å². The van der Waals surface area contributed by atoms with E-state index >= 15 is 0 Å². The molecule has 0 heterocycles. The molecule has 0 radical (unpaired) electrons. The lowest BCUT2D eigenvalue weighted by Gasteiger charge is -2.34. The van der Waals surface area contributed by atoms with E-state index in [-0.39, 0.29) is 5.60 Å². The van der Waals surface area contributed by atoms with E-state index in [2.05, 4.69) is 27.7 Å². The number of aryl methyl sites for hydroxylation is 1. The van der Waals surface area contributed by atoms with Crippen LogP contribution in [0.4, 0.5) is 8.78 Å². The van der Waals surface area contributed by atoms with Crippen LogP contribution in [0.3, 0.4) is 0 Å². The fraction of sp³-hybridized carbons (Fsp3) is 0.760. The van der Waals surface area contributed by atoms with Gasteiger partial charge < -0.3 is 4.74 Å². The lowest BCUT2D eigenvalue weighted by molar-refractivity contribution is -0.0605. The van der Waals surface area contributed by atoms with Crippen molar-refractivity contribution < 1.29 is 13.5 Å². The number of rotatable bonds is 16. The molecule has 0 aliphatic carbocycles. The molecule has 1 nitrogen and oxygen atoms in total. The number of unbranched alkanes of at least 4 members (excludes halogenated alkanes) is 7. The van der Waals surface area contributed by atoms with E-state index < -0.39 is 11.6 Å². The molecule has 162 valence electrons. The summed E-state index contributed by atoms with van der Waals surface area (Å²) in [6.07, 6.45) is 14.3. The molecule has 1 unspecified atom stereocenters. The Hall–Kier alpha value is -0.960. The van der Waals surface area contributed by atoms with Crippen molar-refractivity contribution in [2.45, 2.75) is 110 Å². The van der Waals surface area contributed by atoms with Gasteiger partial charge in [-0.25, -0.2) is 8.78 Å². The minimum atomic E-state index is -0.479. The van der Waals surface area contributed by atoms with Crippen molar-refractivity contribution in [3.05, 3.63) is 35.4 Å². The summed E-state index contributed by atoms with van der Waals surface area (Å²) >= 11 is 0. The van der Waals surface area contributed by atoms with Crippen molar-refractivity contribution in [1.82, 2.24) is 0 Å². The standard InChI is InChI=1S/C25H42F2O/c1-5-7-8-9-10-13-16-22(25(3,4)28-6-2)17-14-11-12-15-21-18-23(26)20-24(27)19-21/h18-20,22H,5-17H2,1-4H3. The van der Waals surface area contributed by atoms with Crippen molar-refractivity contribution in [2.75, 3.05) is 6.61 Å². The van der Waals surface area contributed by atoms with Crippen LogP contribution in [-0.4, -0.2) is 12.2 Å². The molecule has 0 saturated heterocycles. The van der Waals surface area contributed by atoms with Gasteiger partial charge in [0.1, 0.15) is 11.6 Å². The van der Waals surface area contributed by atoms with E-state index in [0.717, 1.165) is 43.9 Å². The van der Waals surface area contributed by atoms with Crippen LogP contribution in [0.25, 0.3) is 0 Å². The Balaban J connectivity index is 2.36. The minimum absolute atomic E-state index is 0.0795. The van der Waals surface area contributed by atoms with Crippen LogP contribution >= 0.6 is 0 Å². The molecule has 0 aromatic heterocycles. The third kappa shape index (κ3) is 10.5. The highest BCUT2D eigenvalue weighted by atomic mass is 19.1. The highest BCUT2D eigenvalue weighted by molar-refractivity contribution is 5.17. The van der Waals surface area contributed by atoms with Gasteiger partial charge in [0, 0.05) is 12.7 Å². The summed E-state index contributed by atoms with van der Waals surface area (Å²) < 4.78 is 32.6. The van der Waals surface area contributed by atoms with Crippen LogP contribution in [0.2, 0.25) is 0 Å². The van der Waals surface area contributed by atoms with Crippen molar-refractivity contribution in [3.8, 4) is 0 Å². The molecule has 0 aliphatic rings. The molecule has 0 spiro atoms. The van der Waals surface area contributed by atoms with Crippen molar-refractivity contribution in [2.24, 2.45) is 5.92 Å². The number of benzene rings is 1. The third-order valence-electron chi connectivity index (χ3n) is 5.85. The summed E-state index contributed by atoms with van der Waals surface area (Å²) in [6, 6.07) is 3.83. The number of halogens is 2. The second-order valence-corrected chi connectivity index (χ2v) is 8.67. The average Bonchev–Trinajstić information content (AvgIpc) is 2.61. The summed E-state index contributed by atoms with van der Waals surface area (Å²) in [7, 11) is 0. The van der Waals surface area contributed by atoms with Gasteiger partial charge in [-0.2, -0.15) is 0 Å². The van der Waals surface area contributed by atoms with Crippen LogP contribution in [0.1, 0.15) is 104 Å². The lowest BCUT2D eigenvalue weighted by atomic mass is 9.82. The van der Waals surface area contributed by atoms with E-state index in [1.165, 1.54) is 63.5 Å². The fourth-order valence-electron chi connectivity index (χ4n) is 4.15. The molecule has 0 N–H and O–H groups in total. The Kier molecular flexibility index (Phi) is 12.6. The van der Waals surface area contributed by atoms with Gasteiger partial charge in [-0.15, -0.1) is 0 Å². The first kappa shape index (κ1) is 25.1. The van der Waals surface area contributed by atoms with Crippen molar-refractivity contribution >= 4 is 0 Å². The summed E-state index contributed by atoms with van der Waals surface area (Å²) in [5, 5.41) is 0. The first-order chi connectivity index (χ1) is 13.4. The Morgan fingerprint density at radius 2 is 1.32 bits per heavy atom. The van der Waals surface area contributed by atoms with E-state index in [4.69, 9.17) is 4.74 Å². The zero-order valence-electron chi connectivity index (χ0n) is 18.7. The Morgan fingerprint density at radius 3 is 1.89 bits per heavy atom. The maximum absolute atomic E-state index is 13.3. The van der Waals surface area contributed by atoms with E-state index in [1.54, 1.807) is 0 Å². The Morgan fingerprint density at radius 1 is 0.786 bits per heavy atom. The maximum Gasteiger partial charge on any atom is 0.126 e. The van der Waals surface area contributed by atoms with Crippen LogP contribution in [0.15, 0.2) is 18.2 Å². The zero-order valence-corrected chi connectivity index (χ0v) is 18.7. The fourth-order valence-corrected chi connectivity index (χ4v) is 4.15. The number of ether oxygens (including phenoxy) is 1. The van der Waals surface area contributed by atoms with E-state index in [0.29, 0.717) is 5.92 Å². The number of hydrogen-bond acceptors (Lipinski definition) is 1. The highest BCUT2D eigenvalue weighted by Gasteiger charge is 2.28. The highest BCUT2D eigenvalue weighted by Crippen LogP contribution is 2.31. The third-order valence-corrected chi connectivity index (χ3v) is 5.85. The summed E-state index contributed by atoms with van der Waals surface area (Å²) in [6.45, 7) is 9.54. The molecular formula is C25H42F2O. The normalized spacial score (nSPS) is 13.1. The van der Waals surface area contributed by atoms with E-state index in [9.17, 15) is 8.78 Å². The Bertz CT molecular complexity index is 507. The Labute approximate surface area is 172 Å². The zero-order chi connectivity index (χ0) is 20.8. The largest absolute Gasteiger partial charge is 0.376 e. The maximum atomic E-state index is 13.3. The molecule has 0 aliphatic heterocycles. The second kappa shape index (κ2) is 14.1. The predicted octanol–water partition coefficient (Wildman–Crippen LogP) is 8.25. The monoisotopic (exact) mass is 396 g/mol. The van der Waals surface area contributed by atoms with Gasteiger partial charge in [-0.05, 0) is 70.1 Å². The molecule has 1 aromatic carbocycles. The first-order valence-electron chi connectivity index (χ1n) is 11.5. The number of hydrogen-bond donors (Lipinski definition) is 0. The van der Waals surface area contributed by atoms with Crippen molar-refractivity contribution in [1.29, 1.82) is 0 Å². The van der Waals surface area contributed by atoms with Crippen molar-refractivity contribution in [3.63, 3.8) is 0 Å². The van der Waals surface area contributed by atoms with Crippen LogP contribution in [-0.2, 0) is 11.2 Å².